The van der Waals surface area contributed by atoms with Gasteiger partial charge in [-0.1, -0.05) is 18.2 Å². The number of fused-ring (bicyclic) bond motifs is 6. The van der Waals surface area contributed by atoms with E-state index in [9.17, 15) is 19.5 Å². The number of hydrogen-bond acceptors (Lipinski definition) is 6. The van der Waals surface area contributed by atoms with Gasteiger partial charge in [0.25, 0.3) is 11.8 Å². The average Bonchev–Trinajstić information content (AvgIpc) is 3.31. The van der Waals surface area contributed by atoms with Crippen LogP contribution in [0.4, 0.5) is 0 Å². The molecule has 0 fully saturated rings. The summed E-state index contributed by atoms with van der Waals surface area (Å²) in [7, 11) is 0. The zero-order valence-corrected chi connectivity index (χ0v) is 21.7. The molecular weight excluding hydrogens is 496 g/mol. The first-order valence-electron chi connectivity index (χ1n) is 13.0. The maximum absolute atomic E-state index is 13.4. The molecule has 1 aliphatic rings. The number of phenols is 1. The van der Waals surface area contributed by atoms with Crippen LogP contribution in [0.1, 0.15) is 45.0 Å². The van der Waals surface area contributed by atoms with E-state index in [1.165, 1.54) is 4.90 Å². The minimum Gasteiger partial charge on any atom is -0.507 e. The highest BCUT2D eigenvalue weighted by Crippen LogP contribution is 2.31. The highest BCUT2D eigenvalue weighted by Gasteiger charge is 2.20. The van der Waals surface area contributed by atoms with Crippen molar-refractivity contribution >= 4 is 28.8 Å². The molecule has 0 atom stereocenters. The van der Waals surface area contributed by atoms with E-state index in [-0.39, 0.29) is 30.0 Å². The molecule has 9 nitrogen and oxygen atoms in total. The SMILES string of the molecule is Cc1nc2ccc(C(=O)N3CCCCNC(=O)c4cccc(c4)-c4cc(ccc4O)CCNC(=O)C3)cc2o1. The van der Waals surface area contributed by atoms with Crippen molar-refractivity contribution in [1.82, 2.24) is 20.5 Å². The Labute approximate surface area is 225 Å². The molecular formula is C30H30N4O5. The third-order valence-corrected chi connectivity index (χ3v) is 6.74. The van der Waals surface area contributed by atoms with Gasteiger partial charge in [0.05, 0.1) is 6.54 Å². The number of rotatable bonds is 1. The lowest BCUT2D eigenvalue weighted by molar-refractivity contribution is -0.121. The van der Waals surface area contributed by atoms with E-state index in [4.69, 9.17) is 4.42 Å². The second-order valence-electron chi connectivity index (χ2n) is 9.64. The van der Waals surface area contributed by atoms with Crippen LogP contribution >= 0.6 is 0 Å². The summed E-state index contributed by atoms with van der Waals surface area (Å²) in [6.07, 6.45) is 1.76. The van der Waals surface area contributed by atoms with Crippen molar-refractivity contribution in [1.29, 1.82) is 0 Å². The predicted molar refractivity (Wildman–Crippen MR) is 146 cm³/mol. The molecule has 3 amide bonds. The van der Waals surface area contributed by atoms with Gasteiger partial charge in [-0.25, -0.2) is 4.98 Å². The van der Waals surface area contributed by atoms with Crippen molar-refractivity contribution in [3.8, 4) is 16.9 Å². The van der Waals surface area contributed by atoms with Crippen LogP contribution in [0.3, 0.4) is 0 Å². The minimum atomic E-state index is -0.278. The van der Waals surface area contributed by atoms with E-state index in [0.29, 0.717) is 72.6 Å². The van der Waals surface area contributed by atoms with Crippen LogP contribution in [-0.4, -0.2) is 58.9 Å². The number of aryl methyl sites for hydroxylation is 1. The van der Waals surface area contributed by atoms with E-state index in [2.05, 4.69) is 15.6 Å². The van der Waals surface area contributed by atoms with Gasteiger partial charge >= 0.3 is 0 Å². The summed E-state index contributed by atoms with van der Waals surface area (Å²) in [5.41, 5.74) is 4.37. The predicted octanol–water partition coefficient (Wildman–Crippen LogP) is 3.83. The summed E-state index contributed by atoms with van der Waals surface area (Å²) >= 11 is 0. The summed E-state index contributed by atoms with van der Waals surface area (Å²) in [4.78, 5) is 44.8. The number of carbonyl (C=O) groups is 3. The van der Waals surface area contributed by atoms with Gasteiger partial charge in [-0.3, -0.25) is 14.4 Å². The number of phenolic OH excluding ortho intramolecular Hbond substituents is 1. The quantitative estimate of drug-likeness (QED) is 0.346. The Balaban J connectivity index is 1.36. The van der Waals surface area contributed by atoms with Crippen molar-refractivity contribution in [2.75, 3.05) is 26.2 Å². The van der Waals surface area contributed by atoms with Gasteiger partial charge < -0.3 is 25.1 Å². The van der Waals surface area contributed by atoms with Crippen LogP contribution in [-0.2, 0) is 11.2 Å². The van der Waals surface area contributed by atoms with E-state index in [1.807, 2.05) is 12.1 Å². The van der Waals surface area contributed by atoms with Gasteiger partial charge in [0.2, 0.25) is 5.91 Å². The molecule has 5 rings (SSSR count). The number of nitrogens with one attached hydrogen (secondary N) is 2. The lowest BCUT2D eigenvalue weighted by Crippen LogP contribution is -2.42. The lowest BCUT2D eigenvalue weighted by Gasteiger charge is -2.22. The van der Waals surface area contributed by atoms with Crippen LogP contribution < -0.4 is 10.6 Å². The zero-order valence-electron chi connectivity index (χ0n) is 21.7. The fourth-order valence-electron chi connectivity index (χ4n) is 4.71. The maximum Gasteiger partial charge on any atom is 0.254 e. The van der Waals surface area contributed by atoms with Gasteiger partial charge in [-0.15, -0.1) is 0 Å². The first kappa shape index (κ1) is 26.0. The van der Waals surface area contributed by atoms with Crippen LogP contribution in [0.15, 0.2) is 65.1 Å². The number of nitrogens with zero attached hydrogens (tertiary/aromatic N) is 2. The van der Waals surface area contributed by atoms with Crippen molar-refractivity contribution < 1.29 is 23.9 Å². The Morgan fingerprint density at radius 2 is 1.82 bits per heavy atom. The Morgan fingerprint density at radius 3 is 2.69 bits per heavy atom. The summed E-state index contributed by atoms with van der Waals surface area (Å²) in [5.74, 6) is -0.125. The number of carbonyl (C=O) groups excluding carboxylic acids is 3. The Kier molecular flexibility index (Phi) is 7.58. The normalized spacial score (nSPS) is 15.3. The van der Waals surface area contributed by atoms with Crippen LogP contribution in [0.2, 0.25) is 0 Å². The van der Waals surface area contributed by atoms with Gasteiger partial charge in [0, 0.05) is 43.2 Å². The number of hydrogen-bond donors (Lipinski definition) is 3. The fraction of sp³-hybridized carbons (Fsp3) is 0.267. The molecule has 3 N–H and O–H groups in total. The number of oxazole rings is 1. The van der Waals surface area contributed by atoms with Crippen LogP contribution in [0, 0.1) is 6.92 Å². The number of amides is 3. The zero-order chi connectivity index (χ0) is 27.4. The lowest BCUT2D eigenvalue weighted by atomic mass is 9.98. The summed E-state index contributed by atoms with van der Waals surface area (Å²) in [5, 5.41) is 16.3. The van der Waals surface area contributed by atoms with Crippen molar-refractivity contribution in [3.05, 3.63) is 83.2 Å². The van der Waals surface area contributed by atoms with Gasteiger partial charge in [0.1, 0.15) is 11.3 Å². The number of benzene rings is 3. The molecule has 1 aliphatic heterocycles. The van der Waals surface area contributed by atoms with Crippen LogP contribution in [0.5, 0.6) is 5.75 Å². The largest absolute Gasteiger partial charge is 0.507 e. The minimum absolute atomic E-state index is 0.0932. The molecule has 200 valence electrons. The molecule has 3 aromatic carbocycles. The van der Waals surface area contributed by atoms with Gasteiger partial charge in [-0.2, -0.15) is 0 Å². The van der Waals surface area contributed by atoms with E-state index < -0.39 is 0 Å². The molecule has 0 aliphatic carbocycles. The Morgan fingerprint density at radius 1 is 0.974 bits per heavy atom. The average molecular weight is 527 g/mol. The smallest absolute Gasteiger partial charge is 0.254 e. The maximum atomic E-state index is 13.4. The Bertz CT molecular complexity index is 1540. The number of aromatic hydroxyl groups is 1. The van der Waals surface area contributed by atoms with Crippen molar-refractivity contribution in [3.63, 3.8) is 0 Å². The molecule has 39 heavy (non-hydrogen) atoms. The molecule has 9 heteroatoms. The van der Waals surface area contributed by atoms with Crippen LogP contribution in [0.25, 0.3) is 22.2 Å². The summed E-state index contributed by atoms with van der Waals surface area (Å²) < 4.78 is 5.58. The molecule has 2 heterocycles. The number of aromatic nitrogens is 1. The molecule has 4 aromatic rings. The summed E-state index contributed by atoms with van der Waals surface area (Å²) in [6.45, 7) is 2.80. The van der Waals surface area contributed by atoms with Crippen molar-refractivity contribution in [2.45, 2.75) is 26.2 Å². The monoisotopic (exact) mass is 526 g/mol. The second-order valence-corrected chi connectivity index (χ2v) is 9.64. The molecule has 0 spiro atoms. The van der Waals surface area contributed by atoms with E-state index in [1.54, 1.807) is 55.5 Å². The summed E-state index contributed by atoms with van der Waals surface area (Å²) in [6, 6.07) is 17.5. The molecule has 4 bridgehead atoms. The molecule has 0 saturated carbocycles. The molecule has 0 radical (unpaired) electrons. The Hall–Kier alpha value is -4.66. The second kappa shape index (κ2) is 11.4. The highest BCUT2D eigenvalue weighted by atomic mass is 16.3. The third-order valence-electron chi connectivity index (χ3n) is 6.74. The fourth-order valence-corrected chi connectivity index (χ4v) is 4.71. The van der Waals surface area contributed by atoms with Gasteiger partial charge in [-0.05, 0) is 72.9 Å². The van der Waals surface area contributed by atoms with Gasteiger partial charge in [0.15, 0.2) is 11.5 Å². The highest BCUT2D eigenvalue weighted by molar-refractivity contribution is 5.99. The van der Waals surface area contributed by atoms with E-state index >= 15 is 0 Å². The molecule has 0 saturated heterocycles. The first-order chi connectivity index (χ1) is 18.9. The van der Waals surface area contributed by atoms with Crippen molar-refractivity contribution in [2.24, 2.45) is 0 Å². The molecule has 0 unspecified atom stereocenters. The first-order valence-corrected chi connectivity index (χ1v) is 13.0. The topological polar surface area (TPSA) is 125 Å². The molecule has 1 aromatic heterocycles. The van der Waals surface area contributed by atoms with E-state index in [0.717, 1.165) is 11.1 Å². The standard InChI is InChI=1S/C30H30N4O5/c1-19-33-25-9-8-23(17-27(25)39-19)30(38)34-14-3-2-12-32-29(37)22-6-4-5-21(16-22)24-15-20(7-10-26(24)35)11-13-31-28(36)18-34/h4-10,15-17,35H,2-3,11-14,18H2,1H3,(H,31,36)(H,32,37). The third kappa shape index (κ3) is 6.09.